The van der Waals surface area contributed by atoms with Crippen LogP contribution in [-0.2, 0) is 6.42 Å². The molecule has 0 atom stereocenters. The molecule has 0 fully saturated rings. The molecule has 0 saturated carbocycles. The van der Waals surface area contributed by atoms with Crippen LogP contribution in [0.25, 0.3) is 0 Å². The minimum Gasteiger partial charge on any atom is -0.294 e. The number of carbonyl (C=O) groups excluding carboxylic acids is 1. The van der Waals surface area contributed by atoms with Crippen LogP contribution in [0, 0.1) is 11.6 Å². The Labute approximate surface area is 122 Å². The van der Waals surface area contributed by atoms with E-state index in [0.29, 0.717) is 15.1 Å². The summed E-state index contributed by atoms with van der Waals surface area (Å²) in [4.78, 5) is 12.1. The predicted octanol–water partition coefficient (Wildman–Crippen LogP) is 4.81. The first-order valence-corrected chi connectivity index (χ1v) is 6.56. The molecule has 19 heavy (non-hydrogen) atoms. The van der Waals surface area contributed by atoms with Gasteiger partial charge in [-0.25, -0.2) is 8.78 Å². The summed E-state index contributed by atoms with van der Waals surface area (Å²) >= 11 is 9.22. The van der Waals surface area contributed by atoms with E-state index < -0.39 is 11.6 Å². The van der Waals surface area contributed by atoms with Crippen LogP contribution in [0.15, 0.2) is 40.9 Å². The van der Waals surface area contributed by atoms with E-state index in [0.717, 1.165) is 18.2 Å². The smallest absolute Gasteiger partial charge is 0.168 e. The second-order valence-electron chi connectivity index (χ2n) is 3.98. The third kappa shape index (κ3) is 3.39. The molecular formula is C14H8BrClF2O. The Morgan fingerprint density at radius 3 is 2.42 bits per heavy atom. The Hall–Kier alpha value is -1.26. The van der Waals surface area contributed by atoms with E-state index in [1.54, 1.807) is 18.2 Å². The third-order valence-electron chi connectivity index (χ3n) is 2.54. The van der Waals surface area contributed by atoms with E-state index in [9.17, 15) is 13.6 Å². The van der Waals surface area contributed by atoms with E-state index in [4.69, 9.17) is 11.6 Å². The molecule has 0 unspecified atom stereocenters. The summed E-state index contributed by atoms with van der Waals surface area (Å²) in [6.07, 6.45) is -0.106. The zero-order valence-corrected chi connectivity index (χ0v) is 11.9. The van der Waals surface area contributed by atoms with Gasteiger partial charge in [0.25, 0.3) is 0 Å². The molecule has 0 aromatic heterocycles. The number of hydrogen-bond donors (Lipinski definition) is 0. The average Bonchev–Trinajstić information content (AvgIpc) is 2.31. The summed E-state index contributed by atoms with van der Waals surface area (Å²) in [5, 5.41) is 0.296. The molecule has 1 nitrogen and oxygen atoms in total. The van der Waals surface area contributed by atoms with Crippen molar-refractivity contribution in [1.29, 1.82) is 0 Å². The number of rotatable bonds is 3. The van der Waals surface area contributed by atoms with Gasteiger partial charge in [0.05, 0.1) is 5.02 Å². The Bertz CT molecular complexity index is 623. The fourth-order valence-electron chi connectivity index (χ4n) is 1.71. The van der Waals surface area contributed by atoms with Crippen LogP contribution in [0.2, 0.25) is 5.02 Å². The molecule has 0 saturated heterocycles. The maximum absolute atomic E-state index is 13.0. The average molecular weight is 346 g/mol. The van der Waals surface area contributed by atoms with E-state index in [1.807, 2.05) is 0 Å². The summed E-state index contributed by atoms with van der Waals surface area (Å²) in [5.41, 5.74) is 0.597. The number of ketones is 1. The number of Topliss-reactive ketones (excluding diaryl/α,β-unsaturated/α-hetero) is 1. The third-order valence-corrected chi connectivity index (χ3v) is 3.84. The lowest BCUT2D eigenvalue weighted by Gasteiger charge is -2.05. The standard InChI is InChI=1S/C14H8BrClF2O/c15-12-3-1-2-11(14(12)16)13(19)6-8-4-9(17)7-10(18)5-8/h1-5,7H,6H2. The molecule has 5 heteroatoms. The lowest BCUT2D eigenvalue weighted by Crippen LogP contribution is -2.05. The van der Waals surface area contributed by atoms with Crippen LogP contribution in [0.3, 0.4) is 0 Å². The molecular weight excluding hydrogens is 338 g/mol. The van der Waals surface area contributed by atoms with Crippen molar-refractivity contribution in [1.82, 2.24) is 0 Å². The summed E-state index contributed by atoms with van der Waals surface area (Å²) in [7, 11) is 0. The molecule has 0 amide bonds. The molecule has 0 bridgehead atoms. The van der Waals surface area contributed by atoms with Crippen molar-refractivity contribution in [2.45, 2.75) is 6.42 Å². The fourth-order valence-corrected chi connectivity index (χ4v) is 2.31. The van der Waals surface area contributed by atoms with Gasteiger partial charge in [0.15, 0.2) is 5.78 Å². The molecule has 0 aliphatic rings. The highest BCUT2D eigenvalue weighted by atomic mass is 79.9. The second-order valence-corrected chi connectivity index (χ2v) is 5.21. The minimum atomic E-state index is -0.705. The Balaban J connectivity index is 2.28. The highest BCUT2D eigenvalue weighted by Gasteiger charge is 2.14. The van der Waals surface area contributed by atoms with Crippen molar-refractivity contribution in [3.8, 4) is 0 Å². The molecule has 0 heterocycles. The normalized spacial score (nSPS) is 10.5. The summed E-state index contributed by atoms with van der Waals surface area (Å²) < 4.78 is 26.7. The maximum Gasteiger partial charge on any atom is 0.168 e. The van der Waals surface area contributed by atoms with Gasteiger partial charge < -0.3 is 0 Å². The van der Waals surface area contributed by atoms with Gasteiger partial charge in [0.1, 0.15) is 11.6 Å². The molecule has 0 N–H and O–H groups in total. The zero-order valence-electron chi connectivity index (χ0n) is 9.59. The van der Waals surface area contributed by atoms with Gasteiger partial charge in [-0.1, -0.05) is 17.7 Å². The van der Waals surface area contributed by atoms with Crippen LogP contribution in [0.1, 0.15) is 15.9 Å². The number of hydrogen-bond acceptors (Lipinski definition) is 1. The lowest BCUT2D eigenvalue weighted by atomic mass is 10.0. The van der Waals surface area contributed by atoms with Crippen molar-refractivity contribution < 1.29 is 13.6 Å². The SMILES string of the molecule is O=C(Cc1cc(F)cc(F)c1)c1cccc(Br)c1Cl. The van der Waals surface area contributed by atoms with Crippen molar-refractivity contribution in [2.75, 3.05) is 0 Å². The topological polar surface area (TPSA) is 17.1 Å². The van der Waals surface area contributed by atoms with Crippen molar-refractivity contribution in [3.05, 3.63) is 68.7 Å². The summed E-state index contributed by atoms with van der Waals surface area (Å²) in [5.74, 6) is -1.71. The van der Waals surface area contributed by atoms with Gasteiger partial charge in [0, 0.05) is 22.5 Å². The second kappa shape index (κ2) is 5.80. The predicted molar refractivity (Wildman–Crippen MR) is 73.5 cm³/mol. The largest absolute Gasteiger partial charge is 0.294 e. The molecule has 2 rings (SSSR count). The van der Waals surface area contributed by atoms with Gasteiger partial charge in [-0.05, 0) is 45.8 Å². The Morgan fingerprint density at radius 1 is 1.16 bits per heavy atom. The van der Waals surface area contributed by atoms with Gasteiger partial charge in [-0.15, -0.1) is 0 Å². The van der Waals surface area contributed by atoms with Crippen molar-refractivity contribution >= 4 is 33.3 Å². The quantitative estimate of drug-likeness (QED) is 0.730. The maximum atomic E-state index is 13.0. The van der Waals surface area contributed by atoms with Gasteiger partial charge in [-0.3, -0.25) is 4.79 Å². The molecule has 0 aliphatic heterocycles. The van der Waals surface area contributed by atoms with Crippen LogP contribution >= 0.6 is 27.5 Å². The van der Waals surface area contributed by atoms with Crippen molar-refractivity contribution in [3.63, 3.8) is 0 Å². The van der Waals surface area contributed by atoms with Crippen LogP contribution in [0.5, 0.6) is 0 Å². The molecule has 2 aromatic rings. The van der Waals surface area contributed by atoms with Crippen LogP contribution in [0.4, 0.5) is 8.78 Å². The van der Waals surface area contributed by atoms with Crippen LogP contribution in [-0.4, -0.2) is 5.78 Å². The lowest BCUT2D eigenvalue weighted by molar-refractivity contribution is 0.0993. The van der Waals surface area contributed by atoms with Gasteiger partial charge >= 0.3 is 0 Å². The Morgan fingerprint density at radius 2 is 1.79 bits per heavy atom. The van der Waals surface area contributed by atoms with E-state index in [-0.39, 0.29) is 17.8 Å². The monoisotopic (exact) mass is 344 g/mol. The van der Waals surface area contributed by atoms with E-state index in [2.05, 4.69) is 15.9 Å². The first-order chi connectivity index (χ1) is 8.97. The van der Waals surface area contributed by atoms with E-state index in [1.165, 1.54) is 0 Å². The zero-order chi connectivity index (χ0) is 14.0. The molecule has 98 valence electrons. The molecule has 0 spiro atoms. The summed E-state index contributed by atoms with van der Waals surface area (Å²) in [6, 6.07) is 7.99. The molecule has 2 aromatic carbocycles. The number of halogens is 4. The number of carbonyl (C=O) groups is 1. The minimum absolute atomic E-state index is 0.106. The Kier molecular flexibility index (Phi) is 4.32. The van der Waals surface area contributed by atoms with E-state index >= 15 is 0 Å². The first-order valence-electron chi connectivity index (χ1n) is 5.39. The number of benzene rings is 2. The first kappa shape index (κ1) is 14.2. The van der Waals surface area contributed by atoms with Crippen molar-refractivity contribution in [2.24, 2.45) is 0 Å². The molecule has 0 radical (unpaired) electrons. The van der Waals surface area contributed by atoms with Gasteiger partial charge in [-0.2, -0.15) is 0 Å². The fraction of sp³-hybridized carbons (Fsp3) is 0.0714. The van der Waals surface area contributed by atoms with Gasteiger partial charge in [0.2, 0.25) is 0 Å². The highest BCUT2D eigenvalue weighted by Crippen LogP contribution is 2.27. The summed E-state index contributed by atoms with van der Waals surface area (Å²) in [6.45, 7) is 0. The van der Waals surface area contributed by atoms with Crippen LogP contribution < -0.4 is 0 Å². The molecule has 0 aliphatic carbocycles. The highest BCUT2D eigenvalue weighted by molar-refractivity contribution is 9.10.